The molecule has 0 unspecified atom stereocenters. The summed E-state index contributed by atoms with van der Waals surface area (Å²) in [7, 11) is 1.52. The fraction of sp³-hybridized carbons (Fsp3) is 0.273. The largest absolute Gasteiger partial charge is 0.493 e. The Morgan fingerprint density at radius 3 is 3.12 bits per heavy atom. The van der Waals surface area contributed by atoms with Crippen LogP contribution in [0.2, 0.25) is 0 Å². The smallest absolute Gasteiger partial charge is 0.222 e. The van der Waals surface area contributed by atoms with Crippen molar-refractivity contribution < 1.29 is 9.57 Å². The SMILES string of the molecule is C=NC(Cl)=Nc1cc2c(cc1NOC)OCC2. The second-order valence-electron chi connectivity index (χ2n) is 3.42. The summed E-state index contributed by atoms with van der Waals surface area (Å²) in [6, 6.07) is 3.73. The second kappa shape index (κ2) is 5.16. The molecule has 1 aliphatic rings. The quantitative estimate of drug-likeness (QED) is 0.390. The standard InChI is InChI=1S/C11H12ClN3O2/c1-13-11(12)14-8-5-7-3-4-17-10(7)6-9(8)15-16-2/h5-6,15H,1,3-4H2,2H3. The molecule has 1 aromatic rings. The number of hydrogen-bond donors (Lipinski definition) is 1. The third kappa shape index (κ3) is 2.57. The number of nitrogens with one attached hydrogen (secondary N) is 1. The number of rotatable bonds is 3. The predicted octanol–water partition coefficient (Wildman–Crippen LogP) is 2.52. The van der Waals surface area contributed by atoms with Crippen molar-refractivity contribution in [1.29, 1.82) is 0 Å². The molecule has 0 amide bonds. The predicted molar refractivity (Wildman–Crippen MR) is 68.8 cm³/mol. The summed E-state index contributed by atoms with van der Waals surface area (Å²) >= 11 is 5.74. The summed E-state index contributed by atoms with van der Waals surface area (Å²) in [5, 5.41) is 0.0861. The van der Waals surface area contributed by atoms with Crippen LogP contribution < -0.4 is 10.2 Å². The molecule has 0 bridgehead atoms. The highest BCUT2D eigenvalue weighted by atomic mass is 35.5. The van der Waals surface area contributed by atoms with Gasteiger partial charge in [0.25, 0.3) is 0 Å². The molecule has 1 aliphatic heterocycles. The van der Waals surface area contributed by atoms with E-state index in [2.05, 4.69) is 22.2 Å². The van der Waals surface area contributed by atoms with E-state index in [4.69, 9.17) is 21.2 Å². The monoisotopic (exact) mass is 253 g/mol. The number of nitrogens with zero attached hydrogens (tertiary/aromatic N) is 2. The maximum atomic E-state index is 5.74. The summed E-state index contributed by atoms with van der Waals surface area (Å²) in [6.45, 7) is 4.00. The lowest BCUT2D eigenvalue weighted by Gasteiger charge is -2.09. The normalized spacial score (nSPS) is 14.1. The molecule has 17 heavy (non-hydrogen) atoms. The molecule has 90 valence electrons. The van der Waals surface area contributed by atoms with Crippen LogP contribution in [-0.4, -0.2) is 25.7 Å². The second-order valence-corrected chi connectivity index (χ2v) is 3.76. The minimum atomic E-state index is 0.0861. The van der Waals surface area contributed by atoms with Crippen LogP contribution >= 0.6 is 11.6 Å². The molecule has 2 rings (SSSR count). The first-order valence-electron chi connectivity index (χ1n) is 5.04. The van der Waals surface area contributed by atoms with Crippen molar-refractivity contribution in [2.24, 2.45) is 9.98 Å². The van der Waals surface area contributed by atoms with Gasteiger partial charge in [-0.05, 0) is 29.9 Å². The molecule has 0 atom stereocenters. The molecule has 0 saturated heterocycles. The molecule has 1 aromatic carbocycles. The molecule has 1 heterocycles. The fourth-order valence-electron chi connectivity index (χ4n) is 1.63. The van der Waals surface area contributed by atoms with E-state index in [9.17, 15) is 0 Å². The van der Waals surface area contributed by atoms with Crippen molar-refractivity contribution in [2.45, 2.75) is 6.42 Å². The first-order chi connectivity index (χ1) is 8.24. The van der Waals surface area contributed by atoms with Crippen LogP contribution in [0.3, 0.4) is 0 Å². The molecular weight excluding hydrogens is 242 g/mol. The van der Waals surface area contributed by atoms with Crippen molar-refractivity contribution in [3.63, 3.8) is 0 Å². The van der Waals surface area contributed by atoms with Gasteiger partial charge in [0.05, 0.1) is 25.1 Å². The number of hydrogen-bond acceptors (Lipinski definition) is 4. The lowest BCUT2D eigenvalue weighted by Crippen LogP contribution is -1.97. The Balaban J connectivity index is 2.44. The van der Waals surface area contributed by atoms with Gasteiger partial charge in [-0.2, -0.15) is 0 Å². The molecular formula is C11H12ClN3O2. The molecule has 6 heteroatoms. The molecule has 0 radical (unpaired) electrons. The molecule has 0 fully saturated rings. The Morgan fingerprint density at radius 1 is 1.59 bits per heavy atom. The fourth-order valence-corrected chi connectivity index (χ4v) is 1.72. The summed E-state index contributed by atoms with van der Waals surface area (Å²) in [4.78, 5) is 12.6. The average molecular weight is 254 g/mol. The lowest BCUT2D eigenvalue weighted by molar-refractivity contribution is 0.271. The van der Waals surface area contributed by atoms with Crippen molar-refractivity contribution in [2.75, 3.05) is 19.2 Å². The van der Waals surface area contributed by atoms with E-state index in [1.807, 2.05) is 12.1 Å². The zero-order valence-corrected chi connectivity index (χ0v) is 10.1. The van der Waals surface area contributed by atoms with Gasteiger partial charge >= 0.3 is 0 Å². The maximum absolute atomic E-state index is 5.74. The van der Waals surface area contributed by atoms with Crippen LogP contribution in [0.4, 0.5) is 11.4 Å². The number of benzene rings is 1. The summed E-state index contributed by atoms with van der Waals surface area (Å²) in [6.07, 6.45) is 0.865. The first-order valence-corrected chi connectivity index (χ1v) is 5.42. The number of amidine groups is 1. The summed E-state index contributed by atoms with van der Waals surface area (Å²) < 4.78 is 5.46. The van der Waals surface area contributed by atoms with Gasteiger partial charge < -0.3 is 4.74 Å². The third-order valence-electron chi connectivity index (χ3n) is 2.36. The van der Waals surface area contributed by atoms with Crippen molar-refractivity contribution in [3.05, 3.63) is 17.7 Å². The molecule has 0 spiro atoms. The third-order valence-corrected chi connectivity index (χ3v) is 2.57. The Labute approximate surface area is 104 Å². The van der Waals surface area contributed by atoms with E-state index in [1.54, 1.807) is 0 Å². The highest BCUT2D eigenvalue weighted by Crippen LogP contribution is 2.36. The van der Waals surface area contributed by atoms with E-state index in [0.717, 1.165) is 17.7 Å². The van der Waals surface area contributed by atoms with Crippen molar-refractivity contribution >= 4 is 35.0 Å². The van der Waals surface area contributed by atoms with Gasteiger partial charge in [-0.25, -0.2) is 9.98 Å². The highest BCUT2D eigenvalue weighted by molar-refractivity contribution is 6.65. The van der Waals surface area contributed by atoms with Crippen LogP contribution in [0.1, 0.15) is 5.56 Å². The molecule has 0 saturated carbocycles. The van der Waals surface area contributed by atoms with Gasteiger partial charge in [0.15, 0.2) is 0 Å². The average Bonchev–Trinajstić information content (AvgIpc) is 2.76. The Morgan fingerprint density at radius 2 is 2.41 bits per heavy atom. The number of anilines is 1. The molecule has 5 nitrogen and oxygen atoms in total. The Bertz CT molecular complexity index is 474. The van der Waals surface area contributed by atoms with E-state index in [-0.39, 0.29) is 5.29 Å². The summed E-state index contributed by atoms with van der Waals surface area (Å²) in [5.74, 6) is 0.839. The van der Waals surface area contributed by atoms with E-state index >= 15 is 0 Å². The maximum Gasteiger partial charge on any atom is 0.222 e. The van der Waals surface area contributed by atoms with Gasteiger partial charge in [-0.1, -0.05) is 0 Å². The van der Waals surface area contributed by atoms with Gasteiger partial charge in [0.1, 0.15) is 5.75 Å². The van der Waals surface area contributed by atoms with Gasteiger partial charge in [0, 0.05) is 12.5 Å². The van der Waals surface area contributed by atoms with Crippen LogP contribution in [0.5, 0.6) is 5.75 Å². The Hall–Kier alpha value is -1.59. The van der Waals surface area contributed by atoms with Gasteiger partial charge in [-0.3, -0.25) is 10.3 Å². The van der Waals surface area contributed by atoms with E-state index in [1.165, 1.54) is 7.11 Å². The van der Waals surface area contributed by atoms with Crippen LogP contribution in [-0.2, 0) is 11.3 Å². The number of ether oxygens (including phenoxy) is 1. The lowest BCUT2D eigenvalue weighted by atomic mass is 10.1. The molecule has 1 N–H and O–H groups in total. The highest BCUT2D eigenvalue weighted by Gasteiger charge is 2.16. The number of halogens is 1. The minimum absolute atomic E-state index is 0.0861. The zero-order valence-electron chi connectivity index (χ0n) is 9.36. The number of aliphatic imine (C=N–C) groups is 2. The van der Waals surface area contributed by atoms with Crippen molar-refractivity contribution in [3.8, 4) is 5.75 Å². The molecule has 0 aromatic heterocycles. The summed E-state index contributed by atoms with van der Waals surface area (Å²) in [5.41, 5.74) is 5.15. The minimum Gasteiger partial charge on any atom is -0.493 e. The van der Waals surface area contributed by atoms with Gasteiger partial charge in [0.2, 0.25) is 5.29 Å². The van der Waals surface area contributed by atoms with E-state index < -0.39 is 0 Å². The number of fused-ring (bicyclic) bond motifs is 1. The van der Waals surface area contributed by atoms with Crippen LogP contribution in [0.15, 0.2) is 22.1 Å². The van der Waals surface area contributed by atoms with Crippen molar-refractivity contribution in [1.82, 2.24) is 0 Å². The Kier molecular flexibility index (Phi) is 3.61. The van der Waals surface area contributed by atoms with Crippen LogP contribution in [0, 0.1) is 0 Å². The van der Waals surface area contributed by atoms with E-state index in [0.29, 0.717) is 18.0 Å². The first kappa shape index (κ1) is 11.9. The zero-order chi connectivity index (χ0) is 12.3. The molecule has 0 aliphatic carbocycles. The van der Waals surface area contributed by atoms with Crippen LogP contribution in [0.25, 0.3) is 0 Å². The topological polar surface area (TPSA) is 55.2 Å². The van der Waals surface area contributed by atoms with Gasteiger partial charge in [-0.15, -0.1) is 0 Å².